The number of hydrogen-bond donors (Lipinski definition) is 0. The van der Waals surface area contributed by atoms with Gasteiger partial charge in [0, 0.05) is 18.7 Å². The summed E-state index contributed by atoms with van der Waals surface area (Å²) in [5, 5.41) is 0.546. The van der Waals surface area contributed by atoms with Gasteiger partial charge in [-0.05, 0) is 54.5 Å². The van der Waals surface area contributed by atoms with Gasteiger partial charge in [0.2, 0.25) is 0 Å². The summed E-state index contributed by atoms with van der Waals surface area (Å²) in [6.07, 6.45) is 2.69. The van der Waals surface area contributed by atoms with E-state index in [2.05, 4.69) is 58.9 Å². The molecule has 6 nitrogen and oxygen atoms in total. The number of aromatic nitrogens is 5. The number of benzene rings is 2. The molecule has 1 atom stereocenters. The topological polar surface area (TPSA) is 65.6 Å². The van der Waals surface area contributed by atoms with Crippen LogP contribution in [0.2, 0.25) is 0 Å². The summed E-state index contributed by atoms with van der Waals surface area (Å²) in [6, 6.07) is 16.4. The number of aryl methyl sites for hydroxylation is 1. The lowest BCUT2D eigenvalue weighted by molar-refractivity contribution is 0.494. The highest BCUT2D eigenvalue weighted by atomic mass is 16.1. The van der Waals surface area contributed by atoms with E-state index >= 15 is 0 Å². The molecule has 2 aromatic carbocycles. The SMILES string of the molecule is CCc1nc2c(c(=O)n1CCC(C)C)c1nc3ccccc3nc1n2-c1ccc(C(C)CC)cc1. The van der Waals surface area contributed by atoms with Crippen molar-refractivity contribution < 1.29 is 0 Å². The average Bonchev–Trinajstić information content (AvgIpc) is 3.19. The minimum absolute atomic E-state index is 0.0305. The summed E-state index contributed by atoms with van der Waals surface area (Å²) in [5.41, 5.74) is 5.70. The third-order valence-corrected chi connectivity index (χ3v) is 7.02. The normalized spacial score (nSPS) is 12.9. The maximum absolute atomic E-state index is 13.9. The average molecular weight is 468 g/mol. The summed E-state index contributed by atoms with van der Waals surface area (Å²) >= 11 is 0. The summed E-state index contributed by atoms with van der Waals surface area (Å²) < 4.78 is 3.85. The van der Waals surface area contributed by atoms with Gasteiger partial charge >= 0.3 is 0 Å². The van der Waals surface area contributed by atoms with Crippen molar-refractivity contribution in [2.24, 2.45) is 5.92 Å². The molecule has 3 aromatic heterocycles. The lowest BCUT2D eigenvalue weighted by atomic mass is 9.99. The van der Waals surface area contributed by atoms with Crippen molar-refractivity contribution in [3.8, 4) is 5.69 Å². The fraction of sp³-hybridized carbons (Fsp3) is 0.379. The van der Waals surface area contributed by atoms with Crippen LogP contribution in [0.4, 0.5) is 0 Å². The Labute approximate surface area is 205 Å². The van der Waals surface area contributed by atoms with Gasteiger partial charge in [0.1, 0.15) is 16.7 Å². The van der Waals surface area contributed by atoms with Crippen molar-refractivity contribution in [3.63, 3.8) is 0 Å². The minimum atomic E-state index is -0.0305. The number of hydrogen-bond acceptors (Lipinski definition) is 4. The first-order valence-corrected chi connectivity index (χ1v) is 12.7. The third kappa shape index (κ3) is 4.01. The van der Waals surface area contributed by atoms with E-state index in [0.29, 0.717) is 47.0 Å². The van der Waals surface area contributed by atoms with Crippen molar-refractivity contribution in [3.05, 3.63) is 70.3 Å². The number of nitrogens with zero attached hydrogens (tertiary/aromatic N) is 5. The van der Waals surface area contributed by atoms with Crippen LogP contribution in [0, 0.1) is 5.92 Å². The second-order valence-electron chi connectivity index (χ2n) is 9.84. The van der Waals surface area contributed by atoms with Crippen molar-refractivity contribution in [1.29, 1.82) is 0 Å². The molecule has 0 saturated heterocycles. The van der Waals surface area contributed by atoms with E-state index in [9.17, 15) is 4.79 Å². The van der Waals surface area contributed by atoms with E-state index < -0.39 is 0 Å². The molecule has 0 aliphatic heterocycles. The van der Waals surface area contributed by atoms with Gasteiger partial charge in [-0.15, -0.1) is 0 Å². The molecule has 0 spiro atoms. The molecule has 0 bridgehead atoms. The van der Waals surface area contributed by atoms with E-state index in [1.54, 1.807) is 0 Å². The predicted octanol–water partition coefficient (Wildman–Crippen LogP) is 6.41. The largest absolute Gasteiger partial charge is 0.296 e. The monoisotopic (exact) mass is 467 g/mol. The molecule has 5 rings (SSSR count). The predicted molar refractivity (Wildman–Crippen MR) is 143 cm³/mol. The molecule has 0 radical (unpaired) electrons. The van der Waals surface area contributed by atoms with Crippen LogP contribution < -0.4 is 5.56 Å². The molecule has 0 N–H and O–H groups in total. The van der Waals surface area contributed by atoms with Gasteiger partial charge in [0.15, 0.2) is 11.3 Å². The number of fused-ring (bicyclic) bond motifs is 4. The lowest BCUT2D eigenvalue weighted by Gasteiger charge is -2.14. The Morgan fingerprint density at radius 2 is 1.54 bits per heavy atom. The zero-order chi connectivity index (χ0) is 24.7. The Morgan fingerprint density at radius 3 is 2.17 bits per heavy atom. The summed E-state index contributed by atoms with van der Waals surface area (Å²) in [6.45, 7) is 11.5. The van der Waals surface area contributed by atoms with Gasteiger partial charge in [-0.25, -0.2) is 15.0 Å². The maximum atomic E-state index is 13.9. The molecule has 180 valence electrons. The van der Waals surface area contributed by atoms with Gasteiger partial charge in [-0.1, -0.05) is 58.9 Å². The van der Waals surface area contributed by atoms with Crippen molar-refractivity contribution in [2.75, 3.05) is 0 Å². The molecule has 6 heteroatoms. The van der Waals surface area contributed by atoms with E-state index in [4.69, 9.17) is 15.0 Å². The quantitative estimate of drug-likeness (QED) is 0.278. The van der Waals surface area contributed by atoms with Crippen LogP contribution in [0.3, 0.4) is 0 Å². The maximum Gasteiger partial charge on any atom is 0.265 e. The van der Waals surface area contributed by atoms with E-state index in [1.165, 1.54) is 5.56 Å². The second kappa shape index (κ2) is 9.25. The molecular formula is C29H33N5O. The van der Waals surface area contributed by atoms with Crippen LogP contribution in [0.5, 0.6) is 0 Å². The van der Waals surface area contributed by atoms with Crippen molar-refractivity contribution in [2.45, 2.75) is 66.3 Å². The van der Waals surface area contributed by atoms with Crippen LogP contribution in [-0.2, 0) is 13.0 Å². The molecule has 5 aromatic rings. The lowest BCUT2D eigenvalue weighted by Crippen LogP contribution is -2.26. The fourth-order valence-electron chi connectivity index (χ4n) is 4.69. The van der Waals surface area contributed by atoms with Gasteiger partial charge in [0.05, 0.1) is 11.0 Å². The molecule has 0 saturated carbocycles. The van der Waals surface area contributed by atoms with E-state index in [1.807, 2.05) is 33.4 Å². The number of para-hydroxylation sites is 2. The molecule has 1 unspecified atom stereocenters. The summed E-state index contributed by atoms with van der Waals surface area (Å²) in [5.74, 6) is 1.79. The smallest absolute Gasteiger partial charge is 0.265 e. The van der Waals surface area contributed by atoms with Gasteiger partial charge < -0.3 is 0 Å². The summed E-state index contributed by atoms with van der Waals surface area (Å²) in [7, 11) is 0. The fourth-order valence-corrected chi connectivity index (χ4v) is 4.69. The highest BCUT2D eigenvalue weighted by Gasteiger charge is 2.23. The minimum Gasteiger partial charge on any atom is -0.296 e. The Kier molecular flexibility index (Phi) is 6.13. The highest BCUT2D eigenvalue weighted by molar-refractivity contribution is 6.05. The zero-order valence-corrected chi connectivity index (χ0v) is 21.2. The molecule has 0 aliphatic rings. The van der Waals surface area contributed by atoms with Crippen LogP contribution >= 0.6 is 0 Å². The first kappa shape index (κ1) is 23.2. The van der Waals surface area contributed by atoms with Gasteiger partial charge in [0.25, 0.3) is 5.56 Å². The van der Waals surface area contributed by atoms with E-state index in [-0.39, 0.29) is 5.56 Å². The zero-order valence-electron chi connectivity index (χ0n) is 21.2. The van der Waals surface area contributed by atoms with Gasteiger partial charge in [-0.2, -0.15) is 0 Å². The number of rotatable bonds is 7. The third-order valence-electron chi connectivity index (χ3n) is 7.02. The Balaban J connectivity index is 1.86. The van der Waals surface area contributed by atoms with Gasteiger partial charge in [-0.3, -0.25) is 13.9 Å². The van der Waals surface area contributed by atoms with Crippen LogP contribution in [0.25, 0.3) is 38.9 Å². The highest BCUT2D eigenvalue weighted by Crippen LogP contribution is 2.30. The Bertz CT molecular complexity index is 1580. The van der Waals surface area contributed by atoms with Crippen molar-refractivity contribution in [1.82, 2.24) is 24.1 Å². The summed E-state index contributed by atoms with van der Waals surface area (Å²) in [4.78, 5) is 28.9. The first-order chi connectivity index (χ1) is 16.9. The molecule has 3 heterocycles. The molecule has 0 amide bonds. The molecule has 35 heavy (non-hydrogen) atoms. The molecule has 0 fully saturated rings. The Hall–Kier alpha value is -3.54. The van der Waals surface area contributed by atoms with E-state index in [0.717, 1.165) is 35.4 Å². The van der Waals surface area contributed by atoms with Crippen molar-refractivity contribution >= 4 is 33.2 Å². The standard InChI is InChI=1S/C29H33N5O/c1-6-19(5)20-12-14-21(15-13-20)34-27-25(26-28(34)31-23-11-9-8-10-22(23)30-26)29(35)33(17-16-18(3)4)24(7-2)32-27/h8-15,18-19H,6-7,16-17H2,1-5H3. The van der Waals surface area contributed by atoms with Crippen LogP contribution in [0.15, 0.2) is 53.3 Å². The second-order valence-corrected chi connectivity index (χ2v) is 9.84. The Morgan fingerprint density at radius 1 is 0.857 bits per heavy atom. The molecular weight excluding hydrogens is 434 g/mol. The van der Waals surface area contributed by atoms with Crippen LogP contribution in [0.1, 0.15) is 64.8 Å². The van der Waals surface area contributed by atoms with Crippen LogP contribution in [-0.4, -0.2) is 24.1 Å². The molecule has 0 aliphatic carbocycles. The first-order valence-electron chi connectivity index (χ1n) is 12.7.